The summed E-state index contributed by atoms with van der Waals surface area (Å²) in [7, 11) is -3.65. The highest BCUT2D eigenvalue weighted by molar-refractivity contribution is 7.89. The Labute approximate surface area is 194 Å². The first kappa shape index (κ1) is 23.2. The number of carbonyl (C=O) groups excluding carboxylic acids is 1. The Bertz CT molecular complexity index is 1240. The smallest absolute Gasteiger partial charge is 0.338 e. The van der Waals surface area contributed by atoms with Gasteiger partial charge in [-0.15, -0.1) is 0 Å². The van der Waals surface area contributed by atoms with Crippen LogP contribution >= 0.6 is 0 Å². The molecular weight excluding hydrogens is 438 g/mol. The van der Waals surface area contributed by atoms with Crippen LogP contribution in [-0.2, 0) is 27.6 Å². The van der Waals surface area contributed by atoms with Crippen LogP contribution in [0, 0.1) is 0 Å². The van der Waals surface area contributed by atoms with E-state index in [1.807, 2.05) is 18.2 Å². The molecule has 2 aromatic carbocycles. The average molecular weight is 468 g/mol. The first-order valence-corrected chi connectivity index (χ1v) is 12.9. The molecule has 0 spiro atoms. The molecule has 8 heteroatoms. The zero-order chi connectivity index (χ0) is 23.3. The molecule has 1 aromatic heterocycles. The van der Waals surface area contributed by atoms with Gasteiger partial charge < -0.3 is 10.1 Å². The van der Waals surface area contributed by atoms with Gasteiger partial charge in [0, 0.05) is 29.9 Å². The lowest BCUT2D eigenvalue weighted by molar-refractivity contribution is 0.0526. The Morgan fingerprint density at radius 2 is 1.79 bits per heavy atom. The summed E-state index contributed by atoms with van der Waals surface area (Å²) < 4.78 is 32.7. The largest absolute Gasteiger partial charge is 0.462 e. The van der Waals surface area contributed by atoms with Gasteiger partial charge in [0.1, 0.15) is 0 Å². The van der Waals surface area contributed by atoms with Crippen LogP contribution in [0.3, 0.4) is 0 Å². The van der Waals surface area contributed by atoms with E-state index in [0.717, 1.165) is 35.9 Å². The second-order valence-corrected chi connectivity index (χ2v) is 9.83. The van der Waals surface area contributed by atoms with Crippen LogP contribution < -0.4 is 10.0 Å². The zero-order valence-electron chi connectivity index (χ0n) is 18.8. The standard InChI is InChI=1S/C25H29N3O4S/c1-2-32-25(29)18-12-14-19(15-13-18)33(30,31)27-17-7-16-26-24-20-8-3-5-10-22(20)28-23-11-6-4-9-21(23)24/h3,5,8,10,12-15,27H,2,4,6-7,9,11,16-17H2,1H3,(H,26,28). The number of para-hydroxylation sites is 1. The highest BCUT2D eigenvalue weighted by Crippen LogP contribution is 2.33. The van der Waals surface area contributed by atoms with Gasteiger partial charge in [-0.05, 0) is 74.9 Å². The molecular formula is C25H29N3O4S. The Morgan fingerprint density at radius 1 is 1.03 bits per heavy atom. The van der Waals surface area contributed by atoms with E-state index >= 15 is 0 Å². The van der Waals surface area contributed by atoms with Gasteiger partial charge in [-0.3, -0.25) is 4.98 Å². The van der Waals surface area contributed by atoms with E-state index in [1.54, 1.807) is 6.92 Å². The highest BCUT2D eigenvalue weighted by Gasteiger charge is 2.18. The highest BCUT2D eigenvalue weighted by atomic mass is 32.2. The monoisotopic (exact) mass is 467 g/mol. The van der Waals surface area contributed by atoms with Crippen LogP contribution in [0.15, 0.2) is 53.4 Å². The number of nitrogens with zero attached hydrogens (tertiary/aromatic N) is 1. The van der Waals surface area contributed by atoms with Crippen LogP contribution in [0.4, 0.5) is 5.69 Å². The van der Waals surface area contributed by atoms with Crippen molar-refractivity contribution in [2.75, 3.05) is 25.0 Å². The molecule has 0 saturated heterocycles. The van der Waals surface area contributed by atoms with Crippen molar-refractivity contribution in [2.45, 2.75) is 43.9 Å². The maximum atomic E-state index is 12.6. The summed E-state index contributed by atoms with van der Waals surface area (Å²) in [6, 6.07) is 13.9. The van der Waals surface area contributed by atoms with Crippen LogP contribution in [0.5, 0.6) is 0 Å². The molecule has 4 rings (SSSR count). The van der Waals surface area contributed by atoms with Gasteiger partial charge in [-0.2, -0.15) is 0 Å². The van der Waals surface area contributed by atoms with E-state index in [-0.39, 0.29) is 11.5 Å². The van der Waals surface area contributed by atoms with Crippen molar-refractivity contribution in [1.29, 1.82) is 0 Å². The summed E-state index contributed by atoms with van der Waals surface area (Å²) in [5, 5.41) is 4.66. The lowest BCUT2D eigenvalue weighted by Gasteiger charge is -2.21. The number of rotatable bonds is 9. The summed E-state index contributed by atoms with van der Waals surface area (Å²) in [4.78, 5) is 16.7. The van der Waals surface area contributed by atoms with Crippen molar-refractivity contribution in [3.8, 4) is 0 Å². The third-order valence-corrected chi connectivity index (χ3v) is 7.27. The molecule has 2 N–H and O–H groups in total. The molecule has 0 fully saturated rings. The fourth-order valence-electron chi connectivity index (χ4n) is 4.15. The molecule has 3 aromatic rings. The molecule has 1 aliphatic rings. The second-order valence-electron chi connectivity index (χ2n) is 8.06. The van der Waals surface area contributed by atoms with Gasteiger partial charge in [0.15, 0.2) is 0 Å². The maximum Gasteiger partial charge on any atom is 0.338 e. The SMILES string of the molecule is CCOC(=O)c1ccc(S(=O)(=O)NCCCNc2c3c(nc4ccccc24)CCCC3)cc1. The summed E-state index contributed by atoms with van der Waals surface area (Å²) in [6.07, 6.45) is 4.98. The Balaban J connectivity index is 1.36. The first-order valence-electron chi connectivity index (χ1n) is 11.4. The zero-order valence-corrected chi connectivity index (χ0v) is 19.6. The molecule has 174 valence electrons. The summed E-state index contributed by atoms with van der Waals surface area (Å²) in [6.45, 7) is 2.94. The molecule has 0 atom stereocenters. The van der Waals surface area contributed by atoms with Gasteiger partial charge in [0.05, 0.1) is 22.6 Å². The Kier molecular flexibility index (Phi) is 7.25. The minimum absolute atomic E-state index is 0.123. The van der Waals surface area contributed by atoms with Crippen molar-refractivity contribution < 1.29 is 17.9 Å². The van der Waals surface area contributed by atoms with Crippen molar-refractivity contribution >= 4 is 32.6 Å². The number of nitrogens with one attached hydrogen (secondary N) is 2. The normalized spacial score (nSPS) is 13.5. The fourth-order valence-corrected chi connectivity index (χ4v) is 5.22. The van der Waals surface area contributed by atoms with E-state index in [9.17, 15) is 13.2 Å². The molecule has 0 radical (unpaired) electrons. The summed E-state index contributed by atoms with van der Waals surface area (Å²) in [5.74, 6) is -0.466. The molecule has 7 nitrogen and oxygen atoms in total. The van der Waals surface area contributed by atoms with E-state index in [0.29, 0.717) is 25.1 Å². The van der Waals surface area contributed by atoms with Crippen molar-refractivity contribution in [1.82, 2.24) is 9.71 Å². The number of aromatic nitrogens is 1. The number of sulfonamides is 1. The molecule has 0 amide bonds. The van der Waals surface area contributed by atoms with Crippen molar-refractivity contribution in [2.24, 2.45) is 0 Å². The Morgan fingerprint density at radius 3 is 2.58 bits per heavy atom. The lowest BCUT2D eigenvalue weighted by atomic mass is 9.92. The van der Waals surface area contributed by atoms with Crippen molar-refractivity contribution in [3.05, 3.63) is 65.4 Å². The predicted molar refractivity (Wildman–Crippen MR) is 129 cm³/mol. The fraction of sp³-hybridized carbons (Fsp3) is 0.360. The van der Waals surface area contributed by atoms with E-state index in [1.165, 1.54) is 41.9 Å². The third-order valence-electron chi connectivity index (χ3n) is 5.79. The molecule has 0 saturated carbocycles. The Hall–Kier alpha value is -2.97. The number of anilines is 1. The van der Waals surface area contributed by atoms with Gasteiger partial charge in [-0.25, -0.2) is 17.9 Å². The molecule has 0 bridgehead atoms. The quantitative estimate of drug-likeness (QED) is 0.364. The van der Waals surface area contributed by atoms with E-state index in [4.69, 9.17) is 9.72 Å². The number of ether oxygens (including phenoxy) is 1. The van der Waals surface area contributed by atoms with Gasteiger partial charge >= 0.3 is 5.97 Å². The first-order chi connectivity index (χ1) is 16.0. The van der Waals surface area contributed by atoms with Crippen LogP contribution in [0.2, 0.25) is 0 Å². The van der Waals surface area contributed by atoms with Gasteiger partial charge in [0.25, 0.3) is 0 Å². The molecule has 1 aliphatic carbocycles. The average Bonchev–Trinajstić information content (AvgIpc) is 2.83. The second kappa shape index (κ2) is 10.3. The van der Waals surface area contributed by atoms with Crippen LogP contribution in [0.25, 0.3) is 10.9 Å². The van der Waals surface area contributed by atoms with Crippen LogP contribution in [0.1, 0.15) is 47.8 Å². The number of carbonyl (C=O) groups is 1. The molecule has 1 heterocycles. The predicted octanol–water partition coefficient (Wildman–Crippen LogP) is 4.07. The molecule has 0 aliphatic heterocycles. The number of aryl methyl sites for hydroxylation is 1. The van der Waals surface area contributed by atoms with Crippen LogP contribution in [-0.4, -0.2) is 39.1 Å². The maximum absolute atomic E-state index is 12.6. The minimum Gasteiger partial charge on any atom is -0.462 e. The van der Waals surface area contributed by atoms with Gasteiger partial charge in [0.2, 0.25) is 10.0 Å². The van der Waals surface area contributed by atoms with Gasteiger partial charge in [-0.1, -0.05) is 18.2 Å². The minimum atomic E-state index is -3.65. The third kappa shape index (κ3) is 5.34. The number of fused-ring (bicyclic) bond motifs is 2. The van der Waals surface area contributed by atoms with Crippen molar-refractivity contribution in [3.63, 3.8) is 0 Å². The molecule has 33 heavy (non-hydrogen) atoms. The lowest BCUT2D eigenvalue weighted by Crippen LogP contribution is -2.26. The number of hydrogen-bond donors (Lipinski definition) is 2. The summed E-state index contributed by atoms with van der Waals surface area (Å²) in [5.41, 5.74) is 4.92. The number of esters is 1. The number of pyridine rings is 1. The van der Waals surface area contributed by atoms with E-state index in [2.05, 4.69) is 16.1 Å². The number of benzene rings is 2. The molecule has 0 unspecified atom stereocenters. The topological polar surface area (TPSA) is 97.4 Å². The number of hydrogen-bond acceptors (Lipinski definition) is 6. The van der Waals surface area contributed by atoms with E-state index < -0.39 is 16.0 Å². The summed E-state index contributed by atoms with van der Waals surface area (Å²) >= 11 is 0.